The lowest BCUT2D eigenvalue weighted by Gasteiger charge is -2.43. The van der Waals surface area contributed by atoms with Crippen molar-refractivity contribution >= 4 is 17.6 Å². The first-order chi connectivity index (χ1) is 11.2. The topological polar surface area (TPSA) is 143 Å². The van der Waals surface area contributed by atoms with Crippen molar-refractivity contribution in [3.8, 4) is 6.07 Å². The normalized spacial score (nSPS) is 29.2. The number of carbonyl (C=O) groups excluding carboxylic acids is 2. The van der Waals surface area contributed by atoms with E-state index in [0.29, 0.717) is 0 Å². The summed E-state index contributed by atoms with van der Waals surface area (Å²) >= 11 is 0. The number of aliphatic hydroxyl groups is 1. The van der Waals surface area contributed by atoms with E-state index < -0.39 is 40.3 Å². The summed E-state index contributed by atoms with van der Waals surface area (Å²) in [4.78, 5) is 34.6. The van der Waals surface area contributed by atoms with Crippen molar-refractivity contribution in [2.45, 2.75) is 18.6 Å². The second-order valence-electron chi connectivity index (χ2n) is 5.62. The number of non-ortho nitro benzene ring substituents is 1. The molecule has 1 aromatic rings. The zero-order chi connectivity index (χ0) is 18.1. The van der Waals surface area contributed by atoms with Gasteiger partial charge in [0.2, 0.25) is 5.91 Å². The molecular weight excluding hydrogens is 318 g/mol. The molecular formula is C15H15N3O6. The van der Waals surface area contributed by atoms with E-state index in [0.717, 1.165) is 7.11 Å². The van der Waals surface area contributed by atoms with E-state index in [-0.39, 0.29) is 11.3 Å². The lowest BCUT2D eigenvalue weighted by Crippen LogP contribution is -2.63. The van der Waals surface area contributed by atoms with E-state index in [1.165, 1.54) is 31.2 Å². The van der Waals surface area contributed by atoms with E-state index in [1.54, 1.807) is 6.07 Å². The van der Waals surface area contributed by atoms with Crippen LogP contribution >= 0.6 is 0 Å². The van der Waals surface area contributed by atoms with Gasteiger partial charge in [-0.25, -0.2) is 0 Å². The Labute approximate surface area is 137 Å². The van der Waals surface area contributed by atoms with Gasteiger partial charge in [0.05, 0.1) is 18.1 Å². The predicted octanol–water partition coefficient (Wildman–Crippen LogP) is 0.446. The Balaban J connectivity index is 2.64. The molecule has 1 heterocycles. The van der Waals surface area contributed by atoms with Crippen LogP contribution in [0.4, 0.5) is 5.69 Å². The van der Waals surface area contributed by atoms with Crippen LogP contribution in [-0.2, 0) is 14.3 Å². The van der Waals surface area contributed by atoms with Crippen LogP contribution in [0.25, 0.3) is 0 Å². The standard InChI is InChI=1S/C15H15N3O6/c1-15(21)12(14(20)24-2)11(10(7-16)13(19)17-15)8-4-3-5-9(6-8)18(22)23/h3-6,10-12,21H,1-2H3,(H,17,19)/t10-,11-,12-,15?/m0/s1. The largest absolute Gasteiger partial charge is 0.469 e. The fourth-order valence-electron chi connectivity index (χ4n) is 2.98. The van der Waals surface area contributed by atoms with Crippen LogP contribution in [-0.4, -0.2) is 34.7 Å². The lowest BCUT2D eigenvalue weighted by molar-refractivity contribution is -0.385. The molecule has 1 unspecified atom stereocenters. The minimum Gasteiger partial charge on any atom is -0.469 e. The van der Waals surface area contributed by atoms with Gasteiger partial charge in [-0.3, -0.25) is 19.7 Å². The number of amides is 1. The number of hydrogen-bond acceptors (Lipinski definition) is 7. The van der Waals surface area contributed by atoms with Gasteiger partial charge in [-0.1, -0.05) is 12.1 Å². The third-order valence-electron chi connectivity index (χ3n) is 4.04. The number of carbonyl (C=O) groups is 2. The summed E-state index contributed by atoms with van der Waals surface area (Å²) in [6.45, 7) is 1.21. The zero-order valence-corrected chi connectivity index (χ0v) is 12.9. The Hall–Kier alpha value is -2.99. The van der Waals surface area contributed by atoms with Gasteiger partial charge in [0.1, 0.15) is 17.6 Å². The minimum absolute atomic E-state index is 0.223. The Morgan fingerprint density at radius 3 is 2.75 bits per heavy atom. The highest BCUT2D eigenvalue weighted by Gasteiger charge is 2.54. The maximum absolute atomic E-state index is 12.2. The number of ether oxygens (including phenoxy) is 1. The second kappa shape index (κ2) is 6.25. The van der Waals surface area contributed by atoms with Gasteiger partial charge < -0.3 is 15.2 Å². The van der Waals surface area contributed by atoms with Crippen molar-refractivity contribution in [2.24, 2.45) is 11.8 Å². The number of piperidine rings is 1. The average Bonchev–Trinajstić information content (AvgIpc) is 2.52. The number of nitro benzene ring substituents is 1. The van der Waals surface area contributed by atoms with E-state index >= 15 is 0 Å². The van der Waals surface area contributed by atoms with Crippen molar-refractivity contribution in [1.29, 1.82) is 5.26 Å². The van der Waals surface area contributed by atoms with Crippen LogP contribution in [0.3, 0.4) is 0 Å². The summed E-state index contributed by atoms with van der Waals surface area (Å²) in [7, 11) is 1.11. The molecule has 0 aromatic heterocycles. The number of nitro groups is 1. The third kappa shape index (κ3) is 2.91. The number of methoxy groups -OCH3 is 1. The fraction of sp³-hybridized carbons (Fsp3) is 0.400. The van der Waals surface area contributed by atoms with Crippen molar-refractivity contribution in [3.63, 3.8) is 0 Å². The molecule has 1 amide bonds. The number of rotatable bonds is 3. The van der Waals surface area contributed by atoms with Gasteiger partial charge in [0, 0.05) is 18.1 Å². The molecule has 0 saturated carbocycles. The van der Waals surface area contributed by atoms with Gasteiger partial charge in [0.25, 0.3) is 5.69 Å². The van der Waals surface area contributed by atoms with Crippen LogP contribution in [0.5, 0.6) is 0 Å². The summed E-state index contributed by atoms with van der Waals surface area (Å²) in [5, 5.41) is 33.0. The molecule has 1 aliphatic heterocycles. The predicted molar refractivity (Wildman–Crippen MR) is 79.2 cm³/mol. The summed E-state index contributed by atoms with van der Waals surface area (Å²) in [6.07, 6.45) is 0. The molecule has 1 aliphatic rings. The van der Waals surface area contributed by atoms with Crippen molar-refractivity contribution in [1.82, 2.24) is 5.32 Å². The highest BCUT2D eigenvalue weighted by molar-refractivity contribution is 5.88. The number of benzene rings is 1. The van der Waals surface area contributed by atoms with Gasteiger partial charge in [-0.2, -0.15) is 5.26 Å². The quantitative estimate of drug-likeness (QED) is 0.464. The Kier molecular flexibility index (Phi) is 4.52. The maximum Gasteiger partial charge on any atom is 0.314 e. The molecule has 2 N–H and O–H groups in total. The number of nitriles is 1. The van der Waals surface area contributed by atoms with E-state index in [2.05, 4.69) is 10.1 Å². The maximum atomic E-state index is 12.2. The zero-order valence-electron chi connectivity index (χ0n) is 12.9. The van der Waals surface area contributed by atoms with Crippen LogP contribution in [0.15, 0.2) is 24.3 Å². The molecule has 2 rings (SSSR count). The molecule has 1 aromatic carbocycles. The highest BCUT2D eigenvalue weighted by Crippen LogP contribution is 2.42. The molecule has 0 spiro atoms. The molecule has 1 fully saturated rings. The number of esters is 1. The molecule has 0 aliphatic carbocycles. The highest BCUT2D eigenvalue weighted by atomic mass is 16.6. The minimum atomic E-state index is -1.97. The van der Waals surface area contributed by atoms with E-state index in [4.69, 9.17) is 0 Å². The van der Waals surface area contributed by atoms with Gasteiger partial charge >= 0.3 is 5.97 Å². The second-order valence-corrected chi connectivity index (χ2v) is 5.62. The Morgan fingerprint density at radius 2 is 2.21 bits per heavy atom. The van der Waals surface area contributed by atoms with Gasteiger partial charge in [-0.05, 0) is 12.5 Å². The smallest absolute Gasteiger partial charge is 0.314 e. The van der Waals surface area contributed by atoms with E-state index in [9.17, 15) is 30.1 Å². The summed E-state index contributed by atoms with van der Waals surface area (Å²) in [5.41, 5.74) is -1.99. The Bertz CT molecular complexity index is 739. The van der Waals surface area contributed by atoms with Crippen molar-refractivity contribution in [3.05, 3.63) is 39.9 Å². The number of nitrogens with one attached hydrogen (secondary N) is 1. The summed E-state index contributed by atoms with van der Waals surface area (Å²) < 4.78 is 4.69. The first-order valence-electron chi connectivity index (χ1n) is 6.99. The number of nitrogens with zero attached hydrogens (tertiary/aromatic N) is 2. The SMILES string of the molecule is COC(=O)[C@@H]1[C@@H](c2cccc([N+](=O)[O-])c2)[C@H](C#N)C(=O)NC1(C)O. The van der Waals surface area contributed by atoms with Crippen LogP contribution in [0.1, 0.15) is 18.4 Å². The molecule has 4 atom stereocenters. The molecule has 0 bridgehead atoms. The molecule has 9 heteroatoms. The first kappa shape index (κ1) is 17.4. The summed E-state index contributed by atoms with van der Waals surface area (Å²) in [6, 6.07) is 7.08. The third-order valence-corrected chi connectivity index (χ3v) is 4.04. The Morgan fingerprint density at radius 1 is 1.54 bits per heavy atom. The monoisotopic (exact) mass is 333 g/mol. The summed E-state index contributed by atoms with van der Waals surface area (Å²) in [5.74, 6) is -5.30. The van der Waals surface area contributed by atoms with Gasteiger partial charge in [-0.15, -0.1) is 0 Å². The average molecular weight is 333 g/mol. The van der Waals surface area contributed by atoms with E-state index in [1.807, 2.05) is 0 Å². The molecule has 1 saturated heterocycles. The number of hydrogen-bond donors (Lipinski definition) is 2. The molecule has 9 nitrogen and oxygen atoms in total. The molecule has 24 heavy (non-hydrogen) atoms. The molecule has 0 radical (unpaired) electrons. The van der Waals surface area contributed by atoms with Crippen LogP contribution in [0, 0.1) is 33.3 Å². The first-order valence-corrected chi connectivity index (χ1v) is 6.99. The lowest BCUT2D eigenvalue weighted by atomic mass is 9.69. The van der Waals surface area contributed by atoms with Crippen LogP contribution < -0.4 is 5.32 Å². The van der Waals surface area contributed by atoms with Crippen LogP contribution in [0.2, 0.25) is 0 Å². The van der Waals surface area contributed by atoms with Gasteiger partial charge in [0.15, 0.2) is 0 Å². The van der Waals surface area contributed by atoms with Crippen molar-refractivity contribution in [2.75, 3.05) is 7.11 Å². The fourth-order valence-corrected chi connectivity index (χ4v) is 2.98. The van der Waals surface area contributed by atoms with Crippen molar-refractivity contribution < 1.29 is 24.4 Å². The molecule has 126 valence electrons.